The number of likely N-dealkylation sites (tertiary alicyclic amines) is 1. The van der Waals surface area contributed by atoms with Crippen LogP contribution >= 0.6 is 11.3 Å². The second-order valence-corrected chi connectivity index (χ2v) is 20.4. The van der Waals surface area contributed by atoms with E-state index in [-0.39, 0.29) is 60.2 Å². The molecular formula is C54H65F2N9O5S. The molecule has 71 heavy (non-hydrogen) atoms. The first-order valence-corrected chi connectivity index (χ1v) is 25.8. The number of anilines is 2. The number of aliphatic hydroxyl groups is 1. The first kappa shape index (κ1) is 51.0. The molecule has 0 spiro atoms. The summed E-state index contributed by atoms with van der Waals surface area (Å²) in [6, 6.07) is 13.0. The molecule has 2 aliphatic heterocycles. The van der Waals surface area contributed by atoms with E-state index in [0.29, 0.717) is 47.7 Å². The van der Waals surface area contributed by atoms with Gasteiger partial charge in [-0.3, -0.25) is 23.9 Å². The first-order valence-electron chi connectivity index (χ1n) is 24.9. The third-order valence-corrected chi connectivity index (χ3v) is 15.0. The molecule has 0 saturated carbocycles. The molecule has 0 unspecified atom stereocenters. The number of aliphatic hydroxyl groups excluding tert-OH is 1. The van der Waals surface area contributed by atoms with Crippen LogP contribution in [0.25, 0.3) is 32.5 Å². The molecule has 6 aromatic rings. The zero-order valence-electron chi connectivity index (χ0n) is 41.5. The van der Waals surface area contributed by atoms with Crippen molar-refractivity contribution in [3.8, 4) is 21.6 Å². The molecule has 1 fully saturated rings. The van der Waals surface area contributed by atoms with Crippen LogP contribution in [0.3, 0.4) is 0 Å². The number of β-amino-alcohol motifs (C(OH)–C–C–N with tert-alkyl or cyclic N) is 1. The fourth-order valence-corrected chi connectivity index (χ4v) is 10.9. The van der Waals surface area contributed by atoms with Gasteiger partial charge in [-0.15, -0.1) is 11.3 Å². The number of carbonyl (C=O) groups excluding carboxylic acids is 3. The topological polar surface area (TPSA) is 168 Å². The summed E-state index contributed by atoms with van der Waals surface area (Å²) in [5, 5.41) is 21.9. The van der Waals surface area contributed by atoms with Crippen LogP contribution in [0.1, 0.15) is 119 Å². The Labute approximate surface area is 417 Å². The van der Waals surface area contributed by atoms with Crippen LogP contribution in [0.4, 0.5) is 20.3 Å². The van der Waals surface area contributed by atoms with E-state index in [0.717, 1.165) is 83.1 Å². The molecule has 3 amide bonds. The van der Waals surface area contributed by atoms with Crippen LogP contribution in [0.5, 0.6) is 0 Å². The normalized spacial score (nSPS) is 16.7. The molecule has 376 valence electrons. The summed E-state index contributed by atoms with van der Waals surface area (Å²) in [7, 11) is 1.73. The van der Waals surface area contributed by atoms with Crippen LogP contribution in [0.2, 0.25) is 0 Å². The Morgan fingerprint density at radius 1 is 0.930 bits per heavy atom. The van der Waals surface area contributed by atoms with Gasteiger partial charge in [0.1, 0.15) is 17.9 Å². The molecule has 17 heteroatoms. The Bertz CT molecular complexity index is 2930. The van der Waals surface area contributed by atoms with E-state index in [1.54, 1.807) is 54.4 Å². The van der Waals surface area contributed by atoms with Crippen molar-refractivity contribution in [3.63, 3.8) is 0 Å². The number of carbonyl (C=O) groups is 3. The van der Waals surface area contributed by atoms with Gasteiger partial charge in [0.25, 0.3) is 12.0 Å². The highest BCUT2D eigenvalue weighted by atomic mass is 32.1. The number of rotatable bonds is 19. The Morgan fingerprint density at radius 2 is 1.68 bits per heavy atom. The summed E-state index contributed by atoms with van der Waals surface area (Å²) < 4.78 is 33.1. The van der Waals surface area contributed by atoms with Crippen molar-refractivity contribution in [1.82, 2.24) is 39.8 Å². The minimum Gasteiger partial charge on any atom is -0.391 e. The van der Waals surface area contributed by atoms with Crippen LogP contribution in [-0.4, -0.2) is 83.3 Å². The number of hydrogen-bond acceptors (Lipinski definition) is 10. The summed E-state index contributed by atoms with van der Waals surface area (Å²) in [5.74, 6) is -0.550. The van der Waals surface area contributed by atoms with Gasteiger partial charge in [0.15, 0.2) is 0 Å². The van der Waals surface area contributed by atoms with E-state index in [9.17, 15) is 33.1 Å². The number of pyridine rings is 2. The number of aromatic nitrogens is 5. The Morgan fingerprint density at radius 3 is 2.39 bits per heavy atom. The summed E-state index contributed by atoms with van der Waals surface area (Å²) >= 11 is 1.58. The third-order valence-electron chi connectivity index (χ3n) is 14.0. The SMILES string of the molecule is Cc1ncsc1-c1ccc([C@H](C)NC(=O)[C@@H]2C[C@@H](O)CN2C(=O)[C@@H](NC(=O)CCCCCCCCn2cc(-c3cc4c(cc3C(F)F)N(c3nccc5c3cc(C)c(=O)n5C)CCC4)cn2)C(C)C)cc1. The molecule has 3 N–H and O–H groups in total. The average Bonchev–Trinajstić information content (AvgIpc) is 4.12. The lowest BCUT2D eigenvalue weighted by Gasteiger charge is -2.32. The molecule has 0 radical (unpaired) electrons. The van der Waals surface area contributed by atoms with Crippen molar-refractivity contribution in [2.24, 2.45) is 13.0 Å². The van der Waals surface area contributed by atoms with Gasteiger partial charge in [-0.25, -0.2) is 18.7 Å². The van der Waals surface area contributed by atoms with Crippen molar-refractivity contribution >= 4 is 51.5 Å². The van der Waals surface area contributed by atoms with E-state index in [2.05, 4.69) is 25.7 Å². The zero-order valence-corrected chi connectivity index (χ0v) is 42.3. The lowest BCUT2D eigenvalue weighted by Crippen LogP contribution is -2.55. The number of amides is 3. The van der Waals surface area contributed by atoms with Gasteiger partial charge >= 0.3 is 0 Å². The van der Waals surface area contributed by atoms with Crippen LogP contribution < -0.4 is 21.1 Å². The molecule has 2 aliphatic rings. The van der Waals surface area contributed by atoms with Gasteiger partial charge in [-0.05, 0) is 98.9 Å². The average molecular weight is 990 g/mol. The van der Waals surface area contributed by atoms with E-state index >= 15 is 0 Å². The fourth-order valence-electron chi connectivity index (χ4n) is 10.1. The van der Waals surface area contributed by atoms with Crippen LogP contribution in [0.15, 0.2) is 77.4 Å². The second kappa shape index (κ2) is 22.4. The number of alkyl halides is 2. The van der Waals surface area contributed by atoms with Crippen molar-refractivity contribution in [3.05, 3.63) is 111 Å². The predicted molar refractivity (Wildman–Crippen MR) is 274 cm³/mol. The second-order valence-electron chi connectivity index (χ2n) is 19.6. The Balaban J connectivity index is 0.784. The summed E-state index contributed by atoms with van der Waals surface area (Å²) in [5.41, 5.74) is 8.68. The first-order chi connectivity index (χ1) is 34.1. The maximum absolute atomic E-state index is 14.8. The standard InChI is InChI=1S/C54H65F2N9O5S/c1-32(2)48(54(70)65-30-40(66)26-46(65)52(68)60-34(4)36-16-18-37(19-17-36)49-35(5)58-31-71-49)61-47(67)15-11-9-7-8-10-12-22-63-29-39(28-59-63)41-25-38-14-13-23-64(45(38)27-42(41)50(55)56)51-43-24-33(3)53(69)62(6)44(43)20-21-57-51/h16-21,24-25,27-29,31-32,34,40,46,48,50,66H,7-15,22-23,26,30H2,1-6H3,(H,60,68)(H,61,67)/t34-,40+,46-,48-/m0/s1. The number of hydrogen-bond donors (Lipinski definition) is 3. The van der Waals surface area contributed by atoms with Gasteiger partial charge in [0, 0.05) is 79.7 Å². The highest BCUT2D eigenvalue weighted by Gasteiger charge is 2.42. The number of aryl methyl sites for hydroxylation is 5. The summed E-state index contributed by atoms with van der Waals surface area (Å²) in [6.45, 7) is 10.6. The predicted octanol–water partition coefficient (Wildman–Crippen LogP) is 9.27. The summed E-state index contributed by atoms with van der Waals surface area (Å²) in [6.07, 6.45) is 8.70. The monoisotopic (exact) mass is 989 g/mol. The minimum absolute atomic E-state index is 0.0144. The van der Waals surface area contributed by atoms with Crippen LogP contribution in [0, 0.1) is 19.8 Å². The molecular weight excluding hydrogens is 925 g/mol. The Hall–Kier alpha value is -6.33. The number of unbranched alkanes of at least 4 members (excludes halogenated alkanes) is 5. The number of nitrogens with zero attached hydrogens (tertiary/aromatic N) is 7. The van der Waals surface area contributed by atoms with Crippen LogP contribution in [-0.2, 0) is 34.4 Å². The van der Waals surface area contributed by atoms with Gasteiger partial charge in [-0.1, -0.05) is 63.8 Å². The number of benzene rings is 2. The molecule has 2 aromatic carbocycles. The molecule has 1 saturated heterocycles. The van der Waals surface area contributed by atoms with E-state index < -0.39 is 24.6 Å². The van der Waals surface area contributed by atoms with Crippen molar-refractivity contribution < 1.29 is 28.3 Å². The maximum atomic E-state index is 14.8. The maximum Gasteiger partial charge on any atom is 0.264 e. The smallest absolute Gasteiger partial charge is 0.264 e. The minimum atomic E-state index is -2.71. The number of thiazole rings is 1. The van der Waals surface area contributed by atoms with Gasteiger partial charge < -0.3 is 30.1 Å². The largest absolute Gasteiger partial charge is 0.391 e. The number of fused-ring (bicyclic) bond motifs is 2. The molecule has 0 bridgehead atoms. The zero-order chi connectivity index (χ0) is 50.5. The van der Waals surface area contributed by atoms with Gasteiger partial charge in [0.2, 0.25) is 17.7 Å². The quantitative estimate of drug-likeness (QED) is 0.0671. The summed E-state index contributed by atoms with van der Waals surface area (Å²) in [4.78, 5) is 66.9. The molecule has 4 atom stereocenters. The molecule has 6 heterocycles. The highest BCUT2D eigenvalue weighted by molar-refractivity contribution is 7.13. The Kier molecular flexibility index (Phi) is 16.1. The molecule has 14 nitrogen and oxygen atoms in total. The molecule has 8 rings (SSSR count). The number of halogens is 2. The lowest BCUT2D eigenvalue weighted by molar-refractivity contribution is -0.142. The number of nitrogens with one attached hydrogen (secondary N) is 2. The third kappa shape index (κ3) is 11.4. The molecule has 4 aromatic heterocycles. The van der Waals surface area contributed by atoms with Gasteiger partial charge in [0.05, 0.1) is 39.9 Å². The van der Waals surface area contributed by atoms with Crippen molar-refractivity contribution in [2.45, 2.75) is 136 Å². The van der Waals surface area contributed by atoms with E-state index in [1.165, 1.54) is 4.90 Å². The van der Waals surface area contributed by atoms with Gasteiger partial charge in [-0.2, -0.15) is 5.10 Å². The lowest BCUT2D eigenvalue weighted by atomic mass is 9.93. The van der Waals surface area contributed by atoms with Crippen molar-refractivity contribution in [2.75, 3.05) is 18.0 Å². The van der Waals surface area contributed by atoms with Crippen molar-refractivity contribution in [1.29, 1.82) is 0 Å². The van der Waals surface area contributed by atoms with E-state index in [4.69, 9.17) is 0 Å². The molecule has 0 aliphatic carbocycles. The fraction of sp³-hybridized carbons (Fsp3) is 0.463. The highest BCUT2D eigenvalue weighted by Crippen LogP contribution is 2.42. The van der Waals surface area contributed by atoms with E-state index in [1.807, 2.05) is 85.4 Å².